The average molecular weight is 196 g/mol. The fourth-order valence-electron chi connectivity index (χ4n) is 0. The summed E-state index contributed by atoms with van der Waals surface area (Å²) in [4.78, 5) is 17.7. The van der Waals surface area contributed by atoms with Gasteiger partial charge in [-0.15, -0.1) is 0 Å². The van der Waals surface area contributed by atoms with Crippen molar-refractivity contribution in [2.75, 3.05) is 0 Å². The summed E-state index contributed by atoms with van der Waals surface area (Å²) in [6.45, 7) is 7.40. The molecule has 0 rings (SSSR count). The maximum absolute atomic E-state index is 9.00. The van der Waals surface area contributed by atoms with Crippen molar-refractivity contribution in [1.82, 2.24) is 0 Å². The smallest absolute Gasteiger partial charge is 0.542 e. The number of carboxylic acid groups (broad SMARTS) is 1. The minimum absolute atomic E-state index is 0. The van der Waals surface area contributed by atoms with E-state index in [1.165, 1.54) is 13.2 Å². The summed E-state index contributed by atoms with van der Waals surface area (Å²) in [5.41, 5.74) is 0. The predicted octanol–water partition coefficient (Wildman–Crippen LogP) is 1.04. The number of aliphatic carboxylic acids is 1. The minimum atomic E-state index is -0.833. The first-order chi connectivity index (χ1) is 4.15. The number of carboxylic acids is 1. The SMILES string of the molecule is CC(=O)O.C[C-]=O.[CH2-]C.[Cu+2]. The predicted molar refractivity (Wildman–Crippen MR) is 35.7 cm³/mol. The molecule has 1 radical (unpaired) electrons. The topological polar surface area (TPSA) is 54.4 Å². The van der Waals surface area contributed by atoms with E-state index in [4.69, 9.17) is 14.7 Å². The van der Waals surface area contributed by atoms with Crippen LogP contribution in [0.3, 0.4) is 0 Å². The summed E-state index contributed by atoms with van der Waals surface area (Å²) in [6.07, 6.45) is 1.50. The van der Waals surface area contributed by atoms with Crippen LogP contribution in [0.4, 0.5) is 0 Å². The van der Waals surface area contributed by atoms with E-state index in [9.17, 15) is 0 Å². The van der Waals surface area contributed by atoms with Gasteiger partial charge in [0.2, 0.25) is 0 Å². The van der Waals surface area contributed by atoms with Crippen molar-refractivity contribution in [3.8, 4) is 0 Å². The molecule has 1 N–H and O–H groups in total. The van der Waals surface area contributed by atoms with Crippen molar-refractivity contribution in [2.45, 2.75) is 20.8 Å². The Bertz CT molecular complexity index is 60.0. The third-order valence-corrected chi connectivity index (χ3v) is 0. The average Bonchev–Trinajstić information content (AvgIpc) is 1.71. The van der Waals surface area contributed by atoms with Crippen LogP contribution >= 0.6 is 0 Å². The monoisotopic (exact) mass is 195 g/mol. The van der Waals surface area contributed by atoms with E-state index < -0.39 is 5.97 Å². The Labute approximate surface area is 72.3 Å². The van der Waals surface area contributed by atoms with E-state index in [-0.39, 0.29) is 17.1 Å². The third-order valence-electron chi connectivity index (χ3n) is 0. The first-order valence-corrected chi connectivity index (χ1v) is 2.34. The molecular formula is C6H12CuO3. The number of carbonyl (C=O) groups excluding carboxylic acids is 1. The molecule has 0 bridgehead atoms. The van der Waals surface area contributed by atoms with E-state index in [2.05, 4.69) is 6.92 Å². The third kappa shape index (κ3) is 2930. The summed E-state index contributed by atoms with van der Waals surface area (Å²) in [7, 11) is 0. The molecule has 0 amide bonds. The van der Waals surface area contributed by atoms with Crippen LogP contribution in [0.5, 0.6) is 0 Å². The van der Waals surface area contributed by atoms with Crippen LogP contribution in [0.1, 0.15) is 20.8 Å². The van der Waals surface area contributed by atoms with Gasteiger partial charge in [-0.05, 0) is 0 Å². The van der Waals surface area contributed by atoms with Crippen LogP contribution in [-0.2, 0) is 26.7 Å². The van der Waals surface area contributed by atoms with Gasteiger partial charge >= 0.3 is 17.1 Å². The second-order valence-electron chi connectivity index (χ2n) is 0.723. The molecule has 0 aliphatic carbocycles. The molecule has 0 fully saturated rings. The summed E-state index contributed by atoms with van der Waals surface area (Å²) in [6, 6.07) is 0. The molecule has 0 aliphatic heterocycles. The minimum Gasteiger partial charge on any atom is -0.542 e. The molecule has 10 heavy (non-hydrogen) atoms. The van der Waals surface area contributed by atoms with Gasteiger partial charge in [-0.2, -0.15) is 13.8 Å². The summed E-state index contributed by atoms with van der Waals surface area (Å²) in [5.74, 6) is -0.833. The first-order valence-electron chi connectivity index (χ1n) is 2.34. The van der Waals surface area contributed by atoms with Crippen molar-refractivity contribution in [3.63, 3.8) is 0 Å². The van der Waals surface area contributed by atoms with Crippen LogP contribution < -0.4 is 0 Å². The van der Waals surface area contributed by atoms with Crippen LogP contribution in [0.25, 0.3) is 0 Å². The molecule has 0 atom stereocenters. The van der Waals surface area contributed by atoms with Crippen LogP contribution in [0.2, 0.25) is 0 Å². The second kappa shape index (κ2) is 37.9. The Kier molecular flexibility index (Phi) is 85.8. The van der Waals surface area contributed by atoms with Gasteiger partial charge in [0.05, 0.1) is 0 Å². The maximum Gasteiger partial charge on any atom is 2.00 e. The second-order valence-corrected chi connectivity index (χ2v) is 0.723. The summed E-state index contributed by atoms with van der Waals surface area (Å²) >= 11 is 0. The zero-order valence-corrected chi connectivity index (χ0v) is 7.21. The molecule has 0 aromatic carbocycles. The van der Waals surface area contributed by atoms with Gasteiger partial charge < -0.3 is 16.8 Å². The molecule has 3 nitrogen and oxygen atoms in total. The van der Waals surface area contributed by atoms with Gasteiger partial charge in [-0.3, -0.25) is 11.1 Å². The van der Waals surface area contributed by atoms with Gasteiger partial charge in [0.1, 0.15) is 0 Å². The van der Waals surface area contributed by atoms with Crippen molar-refractivity contribution in [3.05, 3.63) is 6.92 Å². The normalized spacial score (nSPS) is 4.40. The van der Waals surface area contributed by atoms with Crippen molar-refractivity contribution >= 4 is 12.3 Å². The van der Waals surface area contributed by atoms with Gasteiger partial charge in [0, 0.05) is 6.92 Å². The molecule has 0 aliphatic rings. The zero-order chi connectivity index (χ0) is 8.28. The standard InChI is InChI=1S/C2H4O2.C2H3O.C2H5.Cu/c1-2(3)4;1-2-3;1-2;/h1H3,(H,3,4);1H3;1H2,2H3;/q;2*-1;+2. The number of hydrogen-bond donors (Lipinski definition) is 1. The summed E-state index contributed by atoms with van der Waals surface area (Å²) in [5, 5.41) is 7.42. The molecular weight excluding hydrogens is 184 g/mol. The van der Waals surface area contributed by atoms with Crippen LogP contribution in [0, 0.1) is 6.92 Å². The Morgan fingerprint density at radius 2 is 1.50 bits per heavy atom. The molecule has 0 aromatic heterocycles. The van der Waals surface area contributed by atoms with Gasteiger partial charge in [-0.25, -0.2) is 0 Å². The van der Waals surface area contributed by atoms with E-state index in [0.717, 1.165) is 6.92 Å². The zero-order valence-electron chi connectivity index (χ0n) is 6.27. The number of carbonyl (C=O) groups is 1. The molecule has 0 saturated heterocycles. The van der Waals surface area contributed by atoms with Crippen molar-refractivity contribution in [1.29, 1.82) is 0 Å². The van der Waals surface area contributed by atoms with Crippen LogP contribution in [0.15, 0.2) is 0 Å². The van der Waals surface area contributed by atoms with E-state index in [1.807, 2.05) is 0 Å². The maximum atomic E-state index is 9.00. The van der Waals surface area contributed by atoms with Crippen molar-refractivity contribution < 1.29 is 31.8 Å². The van der Waals surface area contributed by atoms with Crippen molar-refractivity contribution in [2.24, 2.45) is 0 Å². The number of hydrogen-bond acceptors (Lipinski definition) is 2. The Morgan fingerprint density at radius 3 is 1.50 bits per heavy atom. The van der Waals surface area contributed by atoms with Gasteiger partial charge in [0.15, 0.2) is 0 Å². The molecule has 65 valence electrons. The Balaban J connectivity index is -0.0000000273. The van der Waals surface area contributed by atoms with Gasteiger partial charge in [0.25, 0.3) is 5.97 Å². The first kappa shape index (κ1) is 22.6. The largest absolute Gasteiger partial charge is 2.00 e. The molecule has 0 spiro atoms. The van der Waals surface area contributed by atoms with E-state index in [1.54, 1.807) is 6.92 Å². The van der Waals surface area contributed by atoms with Gasteiger partial charge in [-0.1, -0.05) is 0 Å². The van der Waals surface area contributed by atoms with Crippen LogP contribution in [-0.4, -0.2) is 17.4 Å². The van der Waals surface area contributed by atoms with E-state index >= 15 is 0 Å². The summed E-state index contributed by atoms with van der Waals surface area (Å²) < 4.78 is 0. The molecule has 0 aromatic rings. The number of rotatable bonds is 0. The Hall–Kier alpha value is -0.341. The molecule has 0 saturated carbocycles. The quantitative estimate of drug-likeness (QED) is 0.464. The molecule has 4 heteroatoms. The fourth-order valence-corrected chi connectivity index (χ4v) is 0. The van der Waals surface area contributed by atoms with E-state index in [0.29, 0.717) is 0 Å². The molecule has 0 heterocycles. The molecule has 0 unspecified atom stereocenters. The fraction of sp³-hybridized carbons (Fsp3) is 0.500. The Morgan fingerprint density at radius 1 is 1.50 bits per heavy atom.